The van der Waals surface area contributed by atoms with Crippen LogP contribution in [0.2, 0.25) is 0 Å². The largest absolute Gasteiger partial charge is 0.192 e. The zero-order chi connectivity index (χ0) is 18.4. The summed E-state index contributed by atoms with van der Waals surface area (Å²) in [4.78, 5) is 0. The van der Waals surface area contributed by atoms with Gasteiger partial charge in [-0.15, -0.1) is 0 Å². The van der Waals surface area contributed by atoms with Crippen LogP contribution >= 0.6 is 0 Å². The van der Waals surface area contributed by atoms with E-state index in [1.165, 1.54) is 25.7 Å². The number of hydrogen-bond donors (Lipinski definition) is 0. The summed E-state index contributed by atoms with van der Waals surface area (Å²) in [6.45, 7) is 9.07. The van der Waals surface area contributed by atoms with Crippen LogP contribution in [0.5, 0.6) is 0 Å². The van der Waals surface area contributed by atoms with E-state index >= 15 is 0 Å². The van der Waals surface area contributed by atoms with Gasteiger partial charge in [0.05, 0.1) is 23.3 Å². The van der Waals surface area contributed by atoms with Gasteiger partial charge in [-0.05, 0) is 72.6 Å². The van der Waals surface area contributed by atoms with Crippen molar-refractivity contribution in [2.75, 3.05) is 0 Å². The molecule has 134 valence electrons. The summed E-state index contributed by atoms with van der Waals surface area (Å²) < 4.78 is 0. The van der Waals surface area contributed by atoms with Crippen molar-refractivity contribution in [2.24, 2.45) is 17.8 Å². The summed E-state index contributed by atoms with van der Waals surface area (Å²) in [6, 6.07) is 8.96. The van der Waals surface area contributed by atoms with Gasteiger partial charge in [-0.2, -0.15) is 10.5 Å². The quantitative estimate of drug-likeness (QED) is 0.569. The number of rotatable bonds is 6. The molecule has 0 unspecified atom stereocenters. The van der Waals surface area contributed by atoms with E-state index in [0.717, 1.165) is 41.5 Å². The van der Waals surface area contributed by atoms with E-state index in [0.29, 0.717) is 23.7 Å². The third kappa shape index (κ3) is 4.64. The monoisotopic (exact) mass is 336 g/mol. The van der Waals surface area contributed by atoms with E-state index in [-0.39, 0.29) is 0 Å². The maximum absolute atomic E-state index is 9.80. The molecular formula is C23H32N2. The van der Waals surface area contributed by atoms with Crippen LogP contribution in [0.3, 0.4) is 0 Å². The van der Waals surface area contributed by atoms with Gasteiger partial charge in [0.15, 0.2) is 0 Å². The van der Waals surface area contributed by atoms with Crippen LogP contribution in [0.1, 0.15) is 94.4 Å². The van der Waals surface area contributed by atoms with E-state index in [1.54, 1.807) is 0 Å². The average molecular weight is 337 g/mol. The summed E-state index contributed by atoms with van der Waals surface area (Å²) in [6.07, 6.45) is 8.04. The maximum atomic E-state index is 9.80. The fourth-order valence-corrected chi connectivity index (χ4v) is 4.56. The van der Waals surface area contributed by atoms with Crippen molar-refractivity contribution < 1.29 is 0 Å². The smallest absolute Gasteiger partial charge is 0.0995 e. The SMILES string of the molecule is CCCCCc1cc(C#N)c([C@@H]2C[C@H](C)CC[C@H]2C(C)C)c(C#N)c1. The second kappa shape index (κ2) is 9.05. The van der Waals surface area contributed by atoms with E-state index in [1.807, 2.05) is 0 Å². The molecule has 0 heterocycles. The Kier molecular flexibility index (Phi) is 7.07. The molecule has 0 radical (unpaired) electrons. The van der Waals surface area contributed by atoms with Crippen LogP contribution in [0.15, 0.2) is 12.1 Å². The Morgan fingerprint density at radius 1 is 1.08 bits per heavy atom. The van der Waals surface area contributed by atoms with Gasteiger partial charge >= 0.3 is 0 Å². The Morgan fingerprint density at radius 3 is 2.24 bits per heavy atom. The highest BCUT2D eigenvalue weighted by Gasteiger charge is 2.34. The highest BCUT2D eigenvalue weighted by molar-refractivity contribution is 5.53. The number of aryl methyl sites for hydroxylation is 1. The Morgan fingerprint density at radius 2 is 1.72 bits per heavy atom. The zero-order valence-corrected chi connectivity index (χ0v) is 16.3. The Hall–Kier alpha value is -1.80. The number of nitriles is 2. The Labute approximate surface area is 153 Å². The molecule has 1 fully saturated rings. The molecule has 1 aliphatic rings. The van der Waals surface area contributed by atoms with Crippen LogP contribution in [0.4, 0.5) is 0 Å². The van der Waals surface area contributed by atoms with Crippen molar-refractivity contribution in [3.05, 3.63) is 34.4 Å². The minimum absolute atomic E-state index is 0.345. The van der Waals surface area contributed by atoms with E-state index < -0.39 is 0 Å². The first-order valence-corrected chi connectivity index (χ1v) is 9.98. The molecular weight excluding hydrogens is 304 g/mol. The molecule has 0 N–H and O–H groups in total. The standard InChI is InChI=1S/C23H32N2/c1-5-6-7-8-18-12-19(14-24)23(20(13-18)15-25)22-11-17(4)9-10-21(22)16(2)3/h12-13,16-17,21-22H,5-11H2,1-4H3/t17-,21+,22-/m1/s1. The van der Waals surface area contributed by atoms with Gasteiger partial charge in [0.2, 0.25) is 0 Å². The van der Waals surface area contributed by atoms with Crippen molar-refractivity contribution in [1.29, 1.82) is 10.5 Å². The molecule has 0 spiro atoms. The summed E-state index contributed by atoms with van der Waals surface area (Å²) in [5.41, 5.74) is 3.68. The van der Waals surface area contributed by atoms with Gasteiger partial charge in [-0.1, -0.05) is 47.0 Å². The first-order valence-electron chi connectivity index (χ1n) is 9.98. The van der Waals surface area contributed by atoms with Crippen molar-refractivity contribution in [3.8, 4) is 12.1 Å². The van der Waals surface area contributed by atoms with Crippen molar-refractivity contribution in [1.82, 2.24) is 0 Å². The average Bonchev–Trinajstić information content (AvgIpc) is 2.60. The molecule has 1 aliphatic carbocycles. The highest BCUT2D eigenvalue weighted by Crippen LogP contribution is 2.46. The molecule has 0 aromatic heterocycles. The normalized spacial score (nSPS) is 23.2. The minimum atomic E-state index is 0.345. The van der Waals surface area contributed by atoms with Crippen LogP contribution in [0.25, 0.3) is 0 Å². The predicted molar refractivity (Wildman–Crippen MR) is 103 cm³/mol. The lowest BCUT2D eigenvalue weighted by Gasteiger charge is -2.38. The molecule has 25 heavy (non-hydrogen) atoms. The predicted octanol–water partition coefficient (Wildman–Crippen LogP) is 6.34. The third-order valence-corrected chi connectivity index (χ3v) is 5.94. The van der Waals surface area contributed by atoms with Crippen LogP contribution in [0, 0.1) is 40.4 Å². The van der Waals surface area contributed by atoms with Gasteiger partial charge in [0.25, 0.3) is 0 Å². The summed E-state index contributed by atoms with van der Waals surface area (Å²) in [7, 11) is 0. The fraction of sp³-hybridized carbons (Fsp3) is 0.652. The molecule has 2 heteroatoms. The zero-order valence-electron chi connectivity index (χ0n) is 16.3. The summed E-state index contributed by atoms with van der Waals surface area (Å²) in [5.74, 6) is 2.17. The number of hydrogen-bond acceptors (Lipinski definition) is 2. The lowest BCUT2D eigenvalue weighted by Crippen LogP contribution is -2.27. The molecule has 0 bridgehead atoms. The van der Waals surface area contributed by atoms with Gasteiger partial charge in [-0.3, -0.25) is 0 Å². The molecule has 0 saturated heterocycles. The fourth-order valence-electron chi connectivity index (χ4n) is 4.56. The van der Waals surface area contributed by atoms with Crippen molar-refractivity contribution in [3.63, 3.8) is 0 Å². The lowest BCUT2D eigenvalue weighted by molar-refractivity contribution is 0.197. The van der Waals surface area contributed by atoms with Gasteiger partial charge in [0, 0.05) is 0 Å². The molecule has 3 atom stereocenters. The molecule has 1 saturated carbocycles. The lowest BCUT2D eigenvalue weighted by atomic mass is 9.66. The van der Waals surface area contributed by atoms with Crippen molar-refractivity contribution >= 4 is 0 Å². The number of benzene rings is 1. The van der Waals surface area contributed by atoms with Crippen LogP contribution < -0.4 is 0 Å². The maximum Gasteiger partial charge on any atom is 0.0995 e. The topological polar surface area (TPSA) is 47.6 Å². The van der Waals surface area contributed by atoms with Gasteiger partial charge < -0.3 is 0 Å². The summed E-state index contributed by atoms with van der Waals surface area (Å²) >= 11 is 0. The Bertz CT molecular complexity index is 625. The molecule has 1 aromatic rings. The summed E-state index contributed by atoms with van der Waals surface area (Å²) in [5, 5.41) is 19.6. The molecule has 2 rings (SSSR count). The van der Waals surface area contributed by atoms with Crippen LogP contribution in [-0.2, 0) is 6.42 Å². The van der Waals surface area contributed by atoms with E-state index in [4.69, 9.17) is 0 Å². The van der Waals surface area contributed by atoms with Crippen molar-refractivity contribution in [2.45, 2.75) is 78.6 Å². The van der Waals surface area contributed by atoms with E-state index in [2.05, 4.69) is 52.0 Å². The highest BCUT2D eigenvalue weighted by atomic mass is 14.4. The molecule has 0 aliphatic heterocycles. The van der Waals surface area contributed by atoms with Crippen LogP contribution in [-0.4, -0.2) is 0 Å². The second-order valence-electron chi connectivity index (χ2n) is 8.22. The molecule has 1 aromatic carbocycles. The van der Waals surface area contributed by atoms with E-state index in [9.17, 15) is 10.5 Å². The first-order chi connectivity index (χ1) is 12.0. The number of unbranched alkanes of at least 4 members (excludes halogenated alkanes) is 2. The first kappa shape index (κ1) is 19.5. The molecule has 2 nitrogen and oxygen atoms in total. The third-order valence-electron chi connectivity index (χ3n) is 5.94. The number of nitrogens with zero attached hydrogens (tertiary/aromatic N) is 2. The second-order valence-corrected chi connectivity index (χ2v) is 8.22. The molecule has 0 amide bonds. The van der Waals surface area contributed by atoms with Gasteiger partial charge in [-0.25, -0.2) is 0 Å². The minimum Gasteiger partial charge on any atom is -0.192 e. The van der Waals surface area contributed by atoms with Gasteiger partial charge in [0.1, 0.15) is 0 Å². The Balaban J connectivity index is 2.44.